The van der Waals surface area contributed by atoms with Crippen molar-refractivity contribution < 1.29 is 4.74 Å². The molecule has 19 heavy (non-hydrogen) atoms. The molecule has 3 nitrogen and oxygen atoms in total. The molecule has 3 heteroatoms. The summed E-state index contributed by atoms with van der Waals surface area (Å²) in [5.74, 6) is 0. The van der Waals surface area contributed by atoms with Crippen LogP contribution in [0.2, 0.25) is 0 Å². The van der Waals surface area contributed by atoms with E-state index in [1.807, 2.05) is 0 Å². The summed E-state index contributed by atoms with van der Waals surface area (Å²) in [6, 6.07) is 9.20. The van der Waals surface area contributed by atoms with E-state index in [9.17, 15) is 0 Å². The van der Waals surface area contributed by atoms with E-state index in [1.54, 1.807) is 0 Å². The number of ether oxygens (including phenoxy) is 1. The van der Waals surface area contributed by atoms with E-state index < -0.39 is 0 Å². The molecule has 2 unspecified atom stereocenters. The summed E-state index contributed by atoms with van der Waals surface area (Å²) < 4.78 is 5.82. The molecule has 0 bridgehead atoms. The fourth-order valence-corrected chi connectivity index (χ4v) is 2.66. The molecule has 0 saturated carbocycles. The third kappa shape index (κ3) is 3.95. The maximum atomic E-state index is 5.82. The summed E-state index contributed by atoms with van der Waals surface area (Å²) in [7, 11) is 0. The quantitative estimate of drug-likeness (QED) is 0.903. The van der Waals surface area contributed by atoms with Gasteiger partial charge in [-0.2, -0.15) is 0 Å². The van der Waals surface area contributed by atoms with Gasteiger partial charge in [0.1, 0.15) is 0 Å². The number of hydrogen-bond acceptors (Lipinski definition) is 3. The van der Waals surface area contributed by atoms with Crippen molar-refractivity contribution in [3.63, 3.8) is 0 Å². The molecule has 0 spiro atoms. The number of morpholine rings is 1. The molecule has 1 aromatic carbocycles. The molecule has 1 saturated heterocycles. The van der Waals surface area contributed by atoms with Crippen molar-refractivity contribution in [2.24, 2.45) is 0 Å². The maximum absolute atomic E-state index is 5.82. The lowest BCUT2D eigenvalue weighted by molar-refractivity contribution is -0.00526. The van der Waals surface area contributed by atoms with Gasteiger partial charge in [0.05, 0.1) is 12.2 Å². The SMILES string of the molecule is CC(C)NCc1ccccc1N1CC(C)OC(C)C1. The van der Waals surface area contributed by atoms with Crippen LogP contribution in [0.25, 0.3) is 0 Å². The second kappa shape index (κ2) is 6.40. The molecule has 1 fully saturated rings. The van der Waals surface area contributed by atoms with E-state index in [0.717, 1.165) is 19.6 Å². The summed E-state index contributed by atoms with van der Waals surface area (Å²) in [4.78, 5) is 2.45. The van der Waals surface area contributed by atoms with E-state index in [0.29, 0.717) is 18.2 Å². The Hall–Kier alpha value is -1.06. The molecule has 1 aliphatic heterocycles. The van der Waals surface area contributed by atoms with Gasteiger partial charge in [0.25, 0.3) is 0 Å². The van der Waals surface area contributed by atoms with Gasteiger partial charge in [-0.3, -0.25) is 0 Å². The van der Waals surface area contributed by atoms with Crippen molar-refractivity contribution in [2.45, 2.75) is 52.5 Å². The molecular weight excluding hydrogens is 236 g/mol. The molecule has 106 valence electrons. The molecule has 0 aliphatic carbocycles. The van der Waals surface area contributed by atoms with Crippen LogP contribution in [-0.4, -0.2) is 31.3 Å². The number of anilines is 1. The molecule has 1 N–H and O–H groups in total. The normalized spacial score (nSPS) is 23.9. The Kier molecular flexibility index (Phi) is 4.83. The Bertz CT molecular complexity index is 395. The fourth-order valence-electron chi connectivity index (χ4n) is 2.66. The van der Waals surface area contributed by atoms with Crippen LogP contribution < -0.4 is 10.2 Å². The van der Waals surface area contributed by atoms with Crippen LogP contribution >= 0.6 is 0 Å². The zero-order valence-electron chi connectivity index (χ0n) is 12.5. The lowest BCUT2D eigenvalue weighted by Gasteiger charge is -2.38. The van der Waals surface area contributed by atoms with Crippen LogP contribution in [0.15, 0.2) is 24.3 Å². The van der Waals surface area contributed by atoms with Crippen LogP contribution in [-0.2, 0) is 11.3 Å². The monoisotopic (exact) mass is 262 g/mol. The fraction of sp³-hybridized carbons (Fsp3) is 0.625. The maximum Gasteiger partial charge on any atom is 0.0726 e. The first-order valence-corrected chi connectivity index (χ1v) is 7.28. The first kappa shape index (κ1) is 14.4. The lowest BCUT2D eigenvalue weighted by Crippen LogP contribution is -2.46. The van der Waals surface area contributed by atoms with Crippen molar-refractivity contribution in [3.8, 4) is 0 Å². The van der Waals surface area contributed by atoms with Crippen molar-refractivity contribution >= 4 is 5.69 Å². The van der Waals surface area contributed by atoms with Crippen molar-refractivity contribution in [1.82, 2.24) is 5.32 Å². The smallest absolute Gasteiger partial charge is 0.0726 e. The molecule has 0 radical (unpaired) electrons. The molecule has 1 aromatic rings. The Morgan fingerprint density at radius 3 is 2.47 bits per heavy atom. The van der Waals surface area contributed by atoms with Gasteiger partial charge in [0.2, 0.25) is 0 Å². The molecule has 0 amide bonds. The number of hydrogen-bond donors (Lipinski definition) is 1. The molecule has 2 rings (SSSR count). The van der Waals surface area contributed by atoms with E-state index in [2.05, 4.69) is 62.2 Å². The highest BCUT2D eigenvalue weighted by Crippen LogP contribution is 2.24. The minimum atomic E-state index is 0.301. The van der Waals surface area contributed by atoms with Gasteiger partial charge in [-0.15, -0.1) is 0 Å². The van der Waals surface area contributed by atoms with Gasteiger partial charge in [-0.25, -0.2) is 0 Å². The van der Waals surface area contributed by atoms with Gasteiger partial charge < -0.3 is 15.0 Å². The van der Waals surface area contributed by atoms with Crippen LogP contribution in [0, 0.1) is 0 Å². The Balaban J connectivity index is 2.14. The zero-order chi connectivity index (χ0) is 13.8. The number of nitrogens with zero attached hydrogens (tertiary/aromatic N) is 1. The predicted molar refractivity (Wildman–Crippen MR) is 80.6 cm³/mol. The van der Waals surface area contributed by atoms with Gasteiger partial charge in [-0.05, 0) is 25.5 Å². The standard InChI is InChI=1S/C16H26N2O/c1-12(2)17-9-15-7-5-6-8-16(15)18-10-13(3)19-14(4)11-18/h5-8,12-14,17H,9-11H2,1-4H3. The van der Waals surface area contributed by atoms with Crippen LogP contribution in [0.3, 0.4) is 0 Å². The van der Waals surface area contributed by atoms with E-state index in [1.165, 1.54) is 11.3 Å². The third-order valence-corrected chi connectivity index (χ3v) is 3.45. The van der Waals surface area contributed by atoms with Crippen LogP contribution in [0.1, 0.15) is 33.3 Å². The topological polar surface area (TPSA) is 24.5 Å². The average Bonchev–Trinajstić information content (AvgIpc) is 2.35. The summed E-state index contributed by atoms with van der Waals surface area (Å²) in [5.41, 5.74) is 2.72. The van der Waals surface area contributed by atoms with Gasteiger partial charge in [0.15, 0.2) is 0 Å². The summed E-state index contributed by atoms with van der Waals surface area (Å²) >= 11 is 0. The molecular formula is C16H26N2O. The molecule has 1 aliphatic rings. The van der Waals surface area contributed by atoms with E-state index >= 15 is 0 Å². The minimum absolute atomic E-state index is 0.301. The average molecular weight is 262 g/mol. The van der Waals surface area contributed by atoms with E-state index in [-0.39, 0.29) is 0 Å². The van der Waals surface area contributed by atoms with Crippen molar-refractivity contribution in [1.29, 1.82) is 0 Å². The number of benzene rings is 1. The number of para-hydroxylation sites is 1. The highest BCUT2D eigenvalue weighted by atomic mass is 16.5. The highest BCUT2D eigenvalue weighted by Gasteiger charge is 2.23. The largest absolute Gasteiger partial charge is 0.372 e. The first-order valence-electron chi connectivity index (χ1n) is 7.28. The minimum Gasteiger partial charge on any atom is -0.372 e. The third-order valence-electron chi connectivity index (χ3n) is 3.45. The lowest BCUT2D eigenvalue weighted by atomic mass is 10.1. The summed E-state index contributed by atoms with van der Waals surface area (Å²) in [6.45, 7) is 11.5. The molecule has 2 atom stereocenters. The Morgan fingerprint density at radius 1 is 1.21 bits per heavy atom. The van der Waals surface area contributed by atoms with Gasteiger partial charge in [-0.1, -0.05) is 32.0 Å². The van der Waals surface area contributed by atoms with Gasteiger partial charge in [0, 0.05) is 31.4 Å². The first-order chi connectivity index (χ1) is 9.06. The van der Waals surface area contributed by atoms with Crippen LogP contribution in [0.4, 0.5) is 5.69 Å². The van der Waals surface area contributed by atoms with E-state index in [4.69, 9.17) is 4.74 Å². The predicted octanol–water partition coefficient (Wildman–Crippen LogP) is 2.80. The summed E-state index contributed by atoms with van der Waals surface area (Å²) in [5, 5.41) is 3.51. The van der Waals surface area contributed by atoms with Crippen molar-refractivity contribution in [3.05, 3.63) is 29.8 Å². The summed E-state index contributed by atoms with van der Waals surface area (Å²) in [6.07, 6.45) is 0.602. The Labute approximate surface area is 116 Å². The van der Waals surface area contributed by atoms with Gasteiger partial charge >= 0.3 is 0 Å². The second-order valence-electron chi connectivity index (χ2n) is 5.83. The zero-order valence-corrected chi connectivity index (χ0v) is 12.5. The second-order valence-corrected chi connectivity index (χ2v) is 5.83. The number of rotatable bonds is 4. The Morgan fingerprint density at radius 2 is 1.84 bits per heavy atom. The van der Waals surface area contributed by atoms with Crippen LogP contribution in [0.5, 0.6) is 0 Å². The number of nitrogens with one attached hydrogen (secondary N) is 1. The molecule has 0 aromatic heterocycles. The molecule has 1 heterocycles. The highest BCUT2D eigenvalue weighted by molar-refractivity contribution is 5.54. The van der Waals surface area contributed by atoms with Crippen molar-refractivity contribution in [2.75, 3.05) is 18.0 Å².